The zero-order chi connectivity index (χ0) is 16.2. The largest absolute Gasteiger partial charge is 0.494 e. The zero-order valence-electron chi connectivity index (χ0n) is 12.4. The predicted octanol–water partition coefficient (Wildman–Crippen LogP) is 3.72. The van der Waals surface area contributed by atoms with Crippen LogP contribution < -0.4 is 9.64 Å². The molecule has 0 aliphatic carbocycles. The van der Waals surface area contributed by atoms with Gasteiger partial charge in [-0.05, 0) is 60.7 Å². The van der Waals surface area contributed by atoms with Gasteiger partial charge in [-0.15, -0.1) is 0 Å². The maximum absolute atomic E-state index is 12.5. The molecular formula is C17H14N2O3S. The van der Waals surface area contributed by atoms with Crippen LogP contribution in [0, 0.1) is 0 Å². The second-order valence-electron chi connectivity index (χ2n) is 4.73. The molecule has 0 unspecified atom stereocenters. The smallest absolute Gasteiger partial charge is 0.298 e. The average molecular weight is 326 g/mol. The lowest BCUT2D eigenvalue weighted by molar-refractivity contribution is -0.113. The third-order valence-electron chi connectivity index (χ3n) is 3.18. The third-order valence-corrected chi connectivity index (χ3v) is 4.05. The Labute approximate surface area is 138 Å². The Bertz CT molecular complexity index is 757. The summed E-state index contributed by atoms with van der Waals surface area (Å²) in [5, 5.41) is -0.311. The van der Waals surface area contributed by atoms with Crippen molar-refractivity contribution >= 4 is 34.7 Å². The fourth-order valence-electron chi connectivity index (χ4n) is 2.16. The summed E-state index contributed by atoms with van der Waals surface area (Å²) in [7, 11) is 0. The van der Waals surface area contributed by atoms with Gasteiger partial charge in [-0.2, -0.15) is 0 Å². The van der Waals surface area contributed by atoms with Crippen molar-refractivity contribution in [2.24, 2.45) is 0 Å². The van der Waals surface area contributed by atoms with Crippen molar-refractivity contribution in [3.8, 4) is 5.75 Å². The van der Waals surface area contributed by atoms with E-state index >= 15 is 0 Å². The second kappa shape index (κ2) is 6.66. The van der Waals surface area contributed by atoms with Gasteiger partial charge in [0, 0.05) is 12.4 Å². The number of imide groups is 1. The number of nitrogens with zero attached hydrogens (tertiary/aromatic N) is 2. The number of pyridine rings is 1. The molecule has 2 aromatic rings. The number of thioether (sulfide) groups is 1. The molecule has 0 spiro atoms. The number of ether oxygens (including phenoxy) is 1. The highest BCUT2D eigenvalue weighted by Crippen LogP contribution is 2.36. The topological polar surface area (TPSA) is 59.5 Å². The molecule has 1 fully saturated rings. The summed E-state index contributed by atoms with van der Waals surface area (Å²) in [6.07, 6.45) is 4.97. The lowest BCUT2D eigenvalue weighted by Gasteiger charge is -2.13. The van der Waals surface area contributed by atoms with Crippen LogP contribution in [0.25, 0.3) is 6.08 Å². The lowest BCUT2D eigenvalue weighted by atomic mass is 10.2. The first-order valence-corrected chi connectivity index (χ1v) is 7.91. The van der Waals surface area contributed by atoms with Gasteiger partial charge in [-0.25, -0.2) is 4.90 Å². The van der Waals surface area contributed by atoms with Crippen molar-refractivity contribution in [2.45, 2.75) is 6.92 Å². The van der Waals surface area contributed by atoms with E-state index in [4.69, 9.17) is 4.74 Å². The monoisotopic (exact) mass is 326 g/mol. The van der Waals surface area contributed by atoms with E-state index in [1.165, 1.54) is 4.90 Å². The van der Waals surface area contributed by atoms with E-state index in [-0.39, 0.29) is 11.1 Å². The highest BCUT2D eigenvalue weighted by Gasteiger charge is 2.36. The van der Waals surface area contributed by atoms with Gasteiger partial charge in [-0.3, -0.25) is 14.6 Å². The molecule has 1 aromatic heterocycles. The average Bonchev–Trinajstić information content (AvgIpc) is 2.84. The summed E-state index contributed by atoms with van der Waals surface area (Å²) < 4.78 is 5.37. The van der Waals surface area contributed by atoms with Gasteiger partial charge in [0.15, 0.2) is 0 Å². The molecule has 0 atom stereocenters. The molecule has 5 nitrogen and oxygen atoms in total. The molecule has 1 saturated heterocycles. The second-order valence-corrected chi connectivity index (χ2v) is 5.72. The van der Waals surface area contributed by atoms with Gasteiger partial charge in [0.25, 0.3) is 11.1 Å². The number of anilines is 1. The number of hydrogen-bond donors (Lipinski definition) is 0. The van der Waals surface area contributed by atoms with E-state index in [9.17, 15) is 9.59 Å². The number of benzene rings is 1. The minimum Gasteiger partial charge on any atom is -0.494 e. The fraction of sp³-hybridized carbons (Fsp3) is 0.118. The maximum atomic E-state index is 12.5. The van der Waals surface area contributed by atoms with E-state index in [0.717, 1.165) is 17.3 Å². The molecule has 1 aromatic carbocycles. The molecular weight excluding hydrogens is 312 g/mol. The Hall–Kier alpha value is -2.60. The highest BCUT2D eigenvalue weighted by molar-refractivity contribution is 8.19. The quantitative estimate of drug-likeness (QED) is 0.801. The third kappa shape index (κ3) is 3.27. The standard InChI is InChI=1S/C17H14N2O3S/c1-2-22-14-7-5-13(6-8-14)19-16(20)15(23-17(19)21)10-12-4-3-9-18-11-12/h3-11H,2H2,1H3/b15-10+. The molecule has 116 valence electrons. The Morgan fingerprint density at radius 3 is 2.65 bits per heavy atom. The number of carbonyl (C=O) groups is 2. The molecule has 3 rings (SSSR count). The molecule has 0 saturated carbocycles. The fourth-order valence-corrected chi connectivity index (χ4v) is 3.00. The summed E-state index contributed by atoms with van der Waals surface area (Å²) >= 11 is 0.925. The summed E-state index contributed by atoms with van der Waals surface area (Å²) in [6.45, 7) is 2.46. The highest BCUT2D eigenvalue weighted by atomic mass is 32.2. The van der Waals surface area contributed by atoms with E-state index in [2.05, 4.69) is 4.98 Å². The molecule has 0 radical (unpaired) electrons. The predicted molar refractivity (Wildman–Crippen MR) is 90.3 cm³/mol. The first kappa shape index (κ1) is 15.3. The van der Waals surface area contributed by atoms with E-state index in [0.29, 0.717) is 22.9 Å². The Morgan fingerprint density at radius 2 is 2.00 bits per heavy atom. The van der Waals surface area contributed by atoms with Crippen molar-refractivity contribution in [3.05, 3.63) is 59.3 Å². The Balaban J connectivity index is 1.85. The van der Waals surface area contributed by atoms with Crippen LogP contribution in [-0.2, 0) is 4.79 Å². The van der Waals surface area contributed by atoms with Crippen molar-refractivity contribution in [1.82, 2.24) is 4.98 Å². The van der Waals surface area contributed by atoms with Crippen molar-refractivity contribution in [2.75, 3.05) is 11.5 Å². The molecule has 6 heteroatoms. The van der Waals surface area contributed by atoms with Gasteiger partial charge in [0.05, 0.1) is 17.2 Å². The van der Waals surface area contributed by atoms with Crippen molar-refractivity contribution in [1.29, 1.82) is 0 Å². The van der Waals surface area contributed by atoms with Crippen molar-refractivity contribution in [3.63, 3.8) is 0 Å². The van der Waals surface area contributed by atoms with Gasteiger partial charge in [0.1, 0.15) is 5.75 Å². The van der Waals surface area contributed by atoms with Gasteiger partial charge in [0.2, 0.25) is 0 Å². The van der Waals surface area contributed by atoms with Crippen molar-refractivity contribution < 1.29 is 14.3 Å². The number of aromatic nitrogens is 1. The van der Waals surface area contributed by atoms with Crippen LogP contribution in [0.2, 0.25) is 0 Å². The van der Waals surface area contributed by atoms with E-state index < -0.39 is 0 Å². The normalized spacial score (nSPS) is 16.2. The number of hydrogen-bond acceptors (Lipinski definition) is 5. The van der Waals surface area contributed by atoms with Crippen LogP contribution in [0.5, 0.6) is 5.75 Å². The lowest BCUT2D eigenvalue weighted by Crippen LogP contribution is -2.27. The van der Waals surface area contributed by atoms with Crippen LogP contribution in [0.3, 0.4) is 0 Å². The first-order chi connectivity index (χ1) is 11.2. The summed E-state index contributed by atoms with van der Waals surface area (Å²) in [4.78, 5) is 30.2. The molecule has 0 bridgehead atoms. The van der Waals surface area contributed by atoms with Crippen LogP contribution in [0.15, 0.2) is 53.7 Å². The number of carbonyl (C=O) groups excluding carboxylic acids is 2. The van der Waals surface area contributed by atoms with E-state index in [1.807, 2.05) is 13.0 Å². The molecule has 23 heavy (non-hydrogen) atoms. The minimum absolute atomic E-state index is 0.311. The molecule has 1 aliphatic rings. The van der Waals surface area contributed by atoms with Gasteiger partial charge >= 0.3 is 0 Å². The summed E-state index contributed by atoms with van der Waals surface area (Å²) in [5.74, 6) is 0.377. The first-order valence-electron chi connectivity index (χ1n) is 7.10. The zero-order valence-corrected chi connectivity index (χ0v) is 13.2. The molecule has 0 N–H and O–H groups in total. The number of rotatable bonds is 4. The van der Waals surface area contributed by atoms with Crippen LogP contribution in [0.1, 0.15) is 12.5 Å². The summed E-state index contributed by atoms with van der Waals surface area (Å²) in [6, 6.07) is 10.5. The number of amides is 2. The van der Waals surface area contributed by atoms with E-state index in [1.54, 1.807) is 48.8 Å². The summed E-state index contributed by atoms with van der Waals surface area (Å²) in [5.41, 5.74) is 1.32. The Kier molecular flexibility index (Phi) is 4.43. The van der Waals surface area contributed by atoms with Gasteiger partial charge < -0.3 is 4.74 Å². The Morgan fingerprint density at radius 1 is 1.22 bits per heavy atom. The maximum Gasteiger partial charge on any atom is 0.298 e. The molecule has 2 heterocycles. The molecule has 1 aliphatic heterocycles. The van der Waals surface area contributed by atoms with Crippen LogP contribution in [0.4, 0.5) is 10.5 Å². The van der Waals surface area contributed by atoms with Crippen LogP contribution in [-0.4, -0.2) is 22.7 Å². The minimum atomic E-state index is -0.326. The SMILES string of the molecule is CCOc1ccc(N2C(=O)S/C(=C/c3cccnc3)C2=O)cc1. The molecule has 2 amide bonds. The van der Waals surface area contributed by atoms with Gasteiger partial charge in [-0.1, -0.05) is 6.07 Å². The van der Waals surface area contributed by atoms with Crippen LogP contribution >= 0.6 is 11.8 Å².